The molecule has 0 amide bonds. The highest BCUT2D eigenvalue weighted by molar-refractivity contribution is 7.71. The van der Waals surface area contributed by atoms with Crippen LogP contribution in [0.1, 0.15) is 0 Å². The van der Waals surface area contributed by atoms with Crippen molar-refractivity contribution in [2.45, 2.75) is 0 Å². The molecular formula is C4H2N2OS. The van der Waals surface area contributed by atoms with Gasteiger partial charge < -0.3 is 4.74 Å². The summed E-state index contributed by atoms with van der Waals surface area (Å²) in [5.74, 6) is 1.56. The Hall–Kier alpha value is -0.900. The zero-order valence-corrected chi connectivity index (χ0v) is 4.66. The first kappa shape index (κ1) is 4.03. The van der Waals surface area contributed by atoms with E-state index < -0.39 is 0 Å². The van der Waals surface area contributed by atoms with E-state index in [1.807, 2.05) is 0 Å². The second-order valence-electron chi connectivity index (χ2n) is 1.48. The maximum Gasteiger partial charge on any atom is 0.245 e. The largest absolute Gasteiger partial charge is 0.430 e. The van der Waals surface area contributed by atoms with Crippen LogP contribution >= 0.6 is 12.2 Å². The van der Waals surface area contributed by atoms with Crippen LogP contribution in [0.4, 0.5) is 0 Å². The number of nitrogens with zero attached hydrogens (tertiary/aromatic N) is 1. The maximum absolute atomic E-state index is 4.83. The van der Waals surface area contributed by atoms with Gasteiger partial charge in [0.15, 0.2) is 4.77 Å². The predicted octanol–water partition coefficient (Wildman–Crippen LogP) is 1.24. The molecular weight excluding hydrogens is 124 g/mol. The number of hydrogen-bond acceptors (Lipinski definition) is 3. The summed E-state index contributed by atoms with van der Waals surface area (Å²) in [5, 5.41) is 0. The standard InChI is InChI=1S/C4H2N2OS/c8-4-5-1-2-3(6-4)7-2/h1H,(H,5,6,8). The molecule has 0 saturated carbocycles. The van der Waals surface area contributed by atoms with Crippen molar-refractivity contribution in [2.24, 2.45) is 0 Å². The fourth-order valence-electron chi connectivity index (χ4n) is 0.503. The monoisotopic (exact) mass is 126 g/mol. The van der Waals surface area contributed by atoms with Gasteiger partial charge in [0.25, 0.3) is 0 Å². The van der Waals surface area contributed by atoms with E-state index in [2.05, 4.69) is 22.2 Å². The molecule has 1 N–H and O–H groups in total. The molecule has 0 atom stereocenters. The van der Waals surface area contributed by atoms with Crippen molar-refractivity contribution in [1.82, 2.24) is 9.97 Å². The van der Waals surface area contributed by atoms with Crippen molar-refractivity contribution in [1.29, 1.82) is 0 Å². The smallest absolute Gasteiger partial charge is 0.245 e. The molecule has 1 aliphatic heterocycles. The number of rotatable bonds is 0. The number of fused-ring (bicyclic) bond motifs is 1. The SMILES string of the molecule is S=c1ncc2c([nH]1)O2. The Kier molecular flexibility index (Phi) is 0.545. The summed E-state index contributed by atoms with van der Waals surface area (Å²) < 4.78 is 5.31. The first-order valence-corrected chi connectivity index (χ1v) is 2.54. The highest BCUT2D eigenvalue weighted by atomic mass is 32.1. The molecule has 0 bridgehead atoms. The normalized spacial score (nSPS) is 12.0. The summed E-state index contributed by atoms with van der Waals surface area (Å²) in [5.41, 5.74) is 0. The van der Waals surface area contributed by atoms with Gasteiger partial charge in [0.05, 0.1) is 6.20 Å². The van der Waals surface area contributed by atoms with Crippen molar-refractivity contribution in [3.05, 3.63) is 11.0 Å². The molecule has 40 valence electrons. The number of ether oxygens (including phenoxy) is 1. The minimum Gasteiger partial charge on any atom is -0.430 e. The van der Waals surface area contributed by atoms with Gasteiger partial charge in [-0.25, -0.2) is 4.98 Å². The number of H-pyrrole nitrogens is 1. The Labute approximate surface area is 50.3 Å². The van der Waals surface area contributed by atoms with Crippen LogP contribution in [-0.2, 0) is 0 Å². The van der Waals surface area contributed by atoms with E-state index in [-0.39, 0.29) is 0 Å². The van der Waals surface area contributed by atoms with Gasteiger partial charge in [-0.15, -0.1) is 0 Å². The van der Waals surface area contributed by atoms with E-state index in [0.717, 1.165) is 11.6 Å². The summed E-state index contributed by atoms with van der Waals surface area (Å²) >= 11 is 4.69. The zero-order chi connectivity index (χ0) is 5.56. The summed E-state index contributed by atoms with van der Waals surface area (Å²) in [7, 11) is 0. The molecule has 2 heterocycles. The van der Waals surface area contributed by atoms with Crippen molar-refractivity contribution < 1.29 is 4.74 Å². The third-order valence-corrected chi connectivity index (χ3v) is 1.12. The lowest BCUT2D eigenvalue weighted by atomic mass is 10.7. The predicted molar refractivity (Wildman–Crippen MR) is 29.5 cm³/mol. The Balaban J connectivity index is 2.81. The van der Waals surface area contributed by atoms with Crippen LogP contribution in [0.15, 0.2) is 6.20 Å². The lowest BCUT2D eigenvalue weighted by Crippen LogP contribution is -1.67. The van der Waals surface area contributed by atoms with Gasteiger partial charge in [0.2, 0.25) is 11.6 Å². The fraction of sp³-hybridized carbons (Fsp3) is 0. The van der Waals surface area contributed by atoms with Crippen molar-refractivity contribution in [3.8, 4) is 11.6 Å². The van der Waals surface area contributed by atoms with E-state index in [9.17, 15) is 0 Å². The first-order valence-electron chi connectivity index (χ1n) is 2.13. The highest BCUT2D eigenvalue weighted by Crippen LogP contribution is 2.40. The zero-order valence-electron chi connectivity index (χ0n) is 3.84. The van der Waals surface area contributed by atoms with Crippen LogP contribution in [0.5, 0.6) is 11.6 Å². The molecule has 0 saturated heterocycles. The van der Waals surface area contributed by atoms with Gasteiger partial charge in [-0.3, -0.25) is 4.98 Å². The van der Waals surface area contributed by atoms with Crippen molar-refractivity contribution >= 4 is 12.2 Å². The average molecular weight is 126 g/mol. The van der Waals surface area contributed by atoms with Gasteiger partial charge in [-0.2, -0.15) is 0 Å². The fourth-order valence-corrected chi connectivity index (χ4v) is 0.649. The van der Waals surface area contributed by atoms with Crippen LogP contribution in [-0.4, -0.2) is 9.97 Å². The van der Waals surface area contributed by atoms with Gasteiger partial charge in [-0.1, -0.05) is 0 Å². The highest BCUT2D eigenvalue weighted by Gasteiger charge is 2.19. The molecule has 2 rings (SSSR count). The lowest BCUT2D eigenvalue weighted by Gasteiger charge is -1.69. The van der Waals surface area contributed by atoms with Crippen LogP contribution in [0.2, 0.25) is 0 Å². The minimum atomic E-state index is 0.473. The molecule has 0 aliphatic carbocycles. The van der Waals surface area contributed by atoms with E-state index in [1.165, 1.54) is 0 Å². The summed E-state index contributed by atoms with van der Waals surface area (Å²) in [4.78, 5) is 6.51. The van der Waals surface area contributed by atoms with Crippen molar-refractivity contribution in [2.75, 3.05) is 0 Å². The Bertz CT molecular complexity index is 280. The Morgan fingerprint density at radius 1 is 1.75 bits per heavy atom. The van der Waals surface area contributed by atoms with Crippen LogP contribution < -0.4 is 4.74 Å². The average Bonchev–Trinajstić information content (AvgIpc) is 2.43. The number of aromatic nitrogens is 2. The van der Waals surface area contributed by atoms with Gasteiger partial charge in [-0.05, 0) is 12.2 Å². The second kappa shape index (κ2) is 1.08. The van der Waals surface area contributed by atoms with E-state index in [1.54, 1.807) is 6.20 Å². The topological polar surface area (TPSA) is 41.2 Å². The van der Waals surface area contributed by atoms with E-state index >= 15 is 0 Å². The van der Waals surface area contributed by atoms with E-state index in [4.69, 9.17) is 4.74 Å². The van der Waals surface area contributed by atoms with Crippen LogP contribution in [0.3, 0.4) is 0 Å². The lowest BCUT2D eigenvalue weighted by molar-refractivity contribution is 0.634. The third kappa shape index (κ3) is 0.431. The van der Waals surface area contributed by atoms with Gasteiger partial charge >= 0.3 is 0 Å². The quantitative estimate of drug-likeness (QED) is 0.426. The maximum atomic E-state index is 4.83. The summed E-state index contributed by atoms with van der Waals surface area (Å²) in [6.07, 6.45) is 1.61. The van der Waals surface area contributed by atoms with Gasteiger partial charge in [0.1, 0.15) is 0 Å². The summed E-state index contributed by atoms with van der Waals surface area (Å²) in [6, 6.07) is 0. The molecule has 1 aromatic heterocycles. The Morgan fingerprint density at radius 3 is 3.25 bits per heavy atom. The van der Waals surface area contributed by atoms with Gasteiger partial charge in [0, 0.05) is 0 Å². The number of nitrogens with one attached hydrogen (secondary N) is 1. The molecule has 1 aliphatic rings. The summed E-state index contributed by atoms with van der Waals surface area (Å²) in [6.45, 7) is 0. The molecule has 0 radical (unpaired) electrons. The third-order valence-electron chi connectivity index (χ3n) is 0.914. The number of hydrogen-bond donors (Lipinski definition) is 1. The molecule has 1 aromatic rings. The van der Waals surface area contributed by atoms with Crippen molar-refractivity contribution in [3.63, 3.8) is 0 Å². The minimum absolute atomic E-state index is 0.473. The molecule has 8 heavy (non-hydrogen) atoms. The van der Waals surface area contributed by atoms with Crippen LogP contribution in [0.25, 0.3) is 0 Å². The molecule has 4 heteroatoms. The Morgan fingerprint density at radius 2 is 2.62 bits per heavy atom. The first-order chi connectivity index (χ1) is 3.86. The molecule has 3 nitrogen and oxygen atoms in total. The molecule has 0 fully saturated rings. The molecule has 0 unspecified atom stereocenters. The van der Waals surface area contributed by atoms with E-state index in [0.29, 0.717) is 4.77 Å². The number of aromatic amines is 1. The molecule has 0 aromatic carbocycles. The molecule has 0 spiro atoms. The van der Waals surface area contributed by atoms with Crippen LogP contribution in [0, 0.1) is 4.77 Å². The second-order valence-corrected chi connectivity index (χ2v) is 1.87.